The second-order valence-electron chi connectivity index (χ2n) is 6.30. The van der Waals surface area contributed by atoms with Crippen LogP contribution in [0.4, 0.5) is 0 Å². The molecular weight excluding hydrogens is 334 g/mol. The summed E-state index contributed by atoms with van der Waals surface area (Å²) in [7, 11) is -0.236. The molecule has 2 heterocycles. The zero-order valence-electron chi connectivity index (χ0n) is 13.9. The monoisotopic (exact) mass is 353 g/mol. The minimum absolute atomic E-state index is 0.0465. The van der Waals surface area contributed by atoms with Crippen LogP contribution in [0.2, 0.25) is 0 Å². The highest BCUT2D eigenvalue weighted by atomic mass is 32.2. The fraction of sp³-hybridized carbons (Fsp3) is 0.421. The molecule has 128 valence electrons. The topological polar surface area (TPSA) is 85.0 Å². The van der Waals surface area contributed by atoms with Crippen molar-refractivity contribution in [3.8, 4) is 12.1 Å². The maximum absolute atomic E-state index is 12.9. The van der Waals surface area contributed by atoms with Gasteiger partial charge >= 0.3 is 0 Å². The SMILES string of the molecule is N#CC(C(=O)C1CCC(=O)N1Cc1ccc(C#N)cc1)=S1CCCC1. The fourth-order valence-corrected chi connectivity index (χ4v) is 5.63. The van der Waals surface area contributed by atoms with Crippen LogP contribution in [0.15, 0.2) is 24.3 Å². The van der Waals surface area contributed by atoms with Gasteiger partial charge in [-0.15, -0.1) is 0 Å². The number of carbonyl (C=O) groups is 2. The summed E-state index contributed by atoms with van der Waals surface area (Å²) >= 11 is 0. The molecule has 0 aliphatic carbocycles. The average Bonchev–Trinajstić information content (AvgIpc) is 3.27. The number of nitrogens with zero attached hydrogens (tertiary/aromatic N) is 3. The van der Waals surface area contributed by atoms with Gasteiger partial charge in [0.2, 0.25) is 11.7 Å². The number of amides is 1. The maximum atomic E-state index is 12.9. The molecule has 0 N–H and O–H groups in total. The number of likely N-dealkylation sites (tertiary alicyclic amines) is 1. The lowest BCUT2D eigenvalue weighted by Gasteiger charge is -2.24. The van der Waals surface area contributed by atoms with E-state index in [1.165, 1.54) is 0 Å². The standard InChI is InChI=1S/C19H19N3O2S/c20-11-14-3-5-15(6-4-14)13-22-16(7-8-18(22)23)19(24)17(12-21)25-9-1-2-10-25/h3-6,16H,1-2,7-10,13H2. The van der Waals surface area contributed by atoms with Gasteiger partial charge in [0.1, 0.15) is 10.9 Å². The molecule has 2 fully saturated rings. The first-order valence-electron chi connectivity index (χ1n) is 8.41. The lowest BCUT2D eigenvalue weighted by atomic mass is 10.1. The molecule has 25 heavy (non-hydrogen) atoms. The molecule has 2 aliphatic heterocycles. The summed E-state index contributed by atoms with van der Waals surface area (Å²) < 4.78 is 0. The normalized spacial score (nSPS) is 20.3. The van der Waals surface area contributed by atoms with E-state index in [-0.39, 0.29) is 22.2 Å². The van der Waals surface area contributed by atoms with Crippen molar-refractivity contribution < 1.29 is 9.59 Å². The summed E-state index contributed by atoms with van der Waals surface area (Å²) in [4.78, 5) is 27.2. The molecule has 3 rings (SSSR count). The van der Waals surface area contributed by atoms with Crippen LogP contribution in [-0.4, -0.2) is 39.0 Å². The molecule has 0 saturated carbocycles. The Labute approximate surface area is 149 Å². The Morgan fingerprint density at radius 2 is 1.88 bits per heavy atom. The Bertz CT molecular complexity index is 807. The van der Waals surface area contributed by atoms with Gasteiger partial charge in [-0.2, -0.15) is 21.0 Å². The average molecular weight is 353 g/mol. The molecule has 2 aliphatic rings. The molecule has 2 saturated heterocycles. The third-order valence-electron chi connectivity index (χ3n) is 4.71. The van der Waals surface area contributed by atoms with Gasteiger partial charge in [-0.05, 0) is 48.5 Å². The van der Waals surface area contributed by atoms with E-state index in [2.05, 4.69) is 12.1 Å². The van der Waals surface area contributed by atoms with E-state index in [1.807, 2.05) is 0 Å². The summed E-state index contributed by atoms with van der Waals surface area (Å²) in [5.74, 6) is 1.64. The van der Waals surface area contributed by atoms with Crippen LogP contribution >= 0.6 is 10.5 Å². The van der Waals surface area contributed by atoms with Gasteiger partial charge in [-0.25, -0.2) is 0 Å². The third kappa shape index (κ3) is 3.65. The van der Waals surface area contributed by atoms with E-state index in [0.717, 1.165) is 29.9 Å². The molecule has 6 heteroatoms. The number of benzene rings is 1. The Hall–Kier alpha value is -2.44. The van der Waals surface area contributed by atoms with Gasteiger partial charge in [0.05, 0.1) is 17.7 Å². The number of nitriles is 2. The maximum Gasteiger partial charge on any atom is 0.223 e. The van der Waals surface area contributed by atoms with Crippen LogP contribution < -0.4 is 0 Å². The predicted molar refractivity (Wildman–Crippen MR) is 96.9 cm³/mol. The highest BCUT2D eigenvalue weighted by Crippen LogP contribution is 2.30. The van der Waals surface area contributed by atoms with Crippen molar-refractivity contribution in [1.29, 1.82) is 10.5 Å². The van der Waals surface area contributed by atoms with Gasteiger partial charge in [0.15, 0.2) is 0 Å². The van der Waals surface area contributed by atoms with Crippen LogP contribution in [0, 0.1) is 22.7 Å². The van der Waals surface area contributed by atoms with Crippen LogP contribution in [0.3, 0.4) is 0 Å². The number of hydrogen-bond donors (Lipinski definition) is 0. The van der Waals surface area contributed by atoms with Crippen LogP contribution in [-0.2, 0) is 16.1 Å². The number of carbonyl (C=O) groups excluding carboxylic acids is 2. The summed E-state index contributed by atoms with van der Waals surface area (Å²) in [6.45, 7) is 0.341. The predicted octanol–water partition coefficient (Wildman–Crippen LogP) is 2.38. The van der Waals surface area contributed by atoms with Crippen LogP contribution in [0.5, 0.6) is 0 Å². The third-order valence-corrected chi connectivity index (χ3v) is 7.15. The number of rotatable bonds is 4. The molecule has 0 spiro atoms. The molecule has 0 aromatic heterocycles. The molecule has 1 aromatic rings. The van der Waals surface area contributed by atoms with E-state index in [9.17, 15) is 14.9 Å². The van der Waals surface area contributed by atoms with Gasteiger partial charge in [-0.1, -0.05) is 12.1 Å². The van der Waals surface area contributed by atoms with Crippen LogP contribution in [0.1, 0.15) is 36.8 Å². The number of ketones is 1. The highest BCUT2D eigenvalue weighted by Gasteiger charge is 2.38. The molecule has 5 nitrogen and oxygen atoms in total. The summed E-state index contributed by atoms with van der Waals surface area (Å²) in [6, 6.07) is 10.7. The second-order valence-corrected chi connectivity index (χ2v) is 8.51. The van der Waals surface area contributed by atoms with Crippen molar-refractivity contribution in [1.82, 2.24) is 4.90 Å². The van der Waals surface area contributed by atoms with Gasteiger partial charge in [0.25, 0.3) is 0 Å². The number of hydrogen-bond acceptors (Lipinski definition) is 4. The zero-order valence-corrected chi connectivity index (χ0v) is 14.7. The minimum Gasteiger partial charge on any atom is -0.328 e. The van der Waals surface area contributed by atoms with Gasteiger partial charge < -0.3 is 4.90 Å². The lowest BCUT2D eigenvalue weighted by molar-refractivity contribution is -0.132. The highest BCUT2D eigenvalue weighted by molar-refractivity contribution is 8.17. The fourth-order valence-electron chi connectivity index (χ4n) is 3.36. The van der Waals surface area contributed by atoms with E-state index in [1.54, 1.807) is 29.2 Å². The Morgan fingerprint density at radius 3 is 2.48 bits per heavy atom. The smallest absolute Gasteiger partial charge is 0.223 e. The molecule has 0 radical (unpaired) electrons. The summed E-state index contributed by atoms with van der Waals surface area (Å²) in [5.41, 5.74) is 1.44. The zero-order chi connectivity index (χ0) is 17.8. The van der Waals surface area contributed by atoms with E-state index >= 15 is 0 Å². The quantitative estimate of drug-likeness (QED) is 0.778. The minimum atomic E-state index is -0.522. The Kier molecular flexibility index (Phi) is 5.31. The lowest BCUT2D eigenvalue weighted by Crippen LogP contribution is -2.41. The first kappa shape index (κ1) is 17.4. The largest absolute Gasteiger partial charge is 0.328 e. The first-order valence-corrected chi connectivity index (χ1v) is 9.97. The first-order chi connectivity index (χ1) is 12.1. The van der Waals surface area contributed by atoms with E-state index in [4.69, 9.17) is 5.26 Å². The second kappa shape index (κ2) is 7.63. The van der Waals surface area contributed by atoms with Crippen molar-refractivity contribution in [2.75, 3.05) is 11.5 Å². The van der Waals surface area contributed by atoms with E-state index < -0.39 is 6.04 Å². The summed E-state index contributed by atoms with van der Waals surface area (Å²) in [6.07, 6.45) is 2.97. The molecule has 0 bridgehead atoms. The molecule has 1 atom stereocenters. The van der Waals surface area contributed by atoms with Gasteiger partial charge in [-0.3, -0.25) is 9.59 Å². The van der Waals surface area contributed by atoms with Crippen molar-refractivity contribution >= 4 is 27.0 Å². The number of Topliss-reactive ketones (excluding diaryl/α,β-unsaturated/α-hetero) is 1. The Balaban J connectivity index is 1.81. The molecule has 1 unspecified atom stereocenters. The molecule has 1 aromatic carbocycles. The van der Waals surface area contributed by atoms with E-state index in [0.29, 0.717) is 29.8 Å². The van der Waals surface area contributed by atoms with Gasteiger partial charge in [0, 0.05) is 13.0 Å². The molecular formula is C19H19N3O2S. The van der Waals surface area contributed by atoms with Crippen molar-refractivity contribution in [3.63, 3.8) is 0 Å². The van der Waals surface area contributed by atoms with Crippen LogP contribution in [0.25, 0.3) is 0 Å². The molecule has 1 amide bonds. The van der Waals surface area contributed by atoms with Crippen molar-refractivity contribution in [3.05, 3.63) is 35.4 Å². The van der Waals surface area contributed by atoms with Crippen molar-refractivity contribution in [2.45, 2.75) is 38.3 Å². The van der Waals surface area contributed by atoms with Crippen molar-refractivity contribution in [2.24, 2.45) is 0 Å². The summed E-state index contributed by atoms with van der Waals surface area (Å²) in [5, 5.41) is 18.4. The Morgan fingerprint density at radius 1 is 1.20 bits per heavy atom.